The molecule has 154 valence electrons. The maximum atomic E-state index is 13.4. The molecule has 0 radical (unpaired) electrons. The molecule has 10 heteroatoms. The molecule has 0 aliphatic carbocycles. The van der Waals surface area contributed by atoms with Crippen molar-refractivity contribution in [2.75, 3.05) is 7.11 Å². The van der Waals surface area contributed by atoms with Crippen molar-refractivity contribution in [2.24, 2.45) is 5.14 Å². The third-order valence-electron chi connectivity index (χ3n) is 4.36. The lowest BCUT2D eigenvalue weighted by Crippen LogP contribution is -2.12. The number of halogens is 3. The minimum Gasteiger partial charge on any atom is -0.496 e. The number of ether oxygens (including phenoxy) is 1. The highest BCUT2D eigenvalue weighted by Crippen LogP contribution is 2.37. The van der Waals surface area contributed by atoms with Crippen LogP contribution in [-0.4, -0.2) is 25.3 Å². The van der Waals surface area contributed by atoms with Crippen LogP contribution in [0.5, 0.6) is 5.75 Å². The highest BCUT2D eigenvalue weighted by molar-refractivity contribution is 7.89. The lowest BCUT2D eigenvalue weighted by Gasteiger charge is -2.13. The largest absolute Gasteiger partial charge is 0.496 e. The van der Waals surface area contributed by atoms with Gasteiger partial charge in [0, 0.05) is 5.56 Å². The number of nitrogens with two attached hydrogens (primary N) is 1. The molecule has 6 nitrogen and oxygen atoms in total. The molecule has 0 fully saturated rings. The van der Waals surface area contributed by atoms with Gasteiger partial charge >= 0.3 is 6.18 Å². The van der Waals surface area contributed by atoms with Crippen LogP contribution in [0.1, 0.15) is 18.2 Å². The number of alkyl halides is 3. The van der Waals surface area contributed by atoms with E-state index in [1.54, 1.807) is 12.1 Å². The topological polar surface area (TPSA) is 87.2 Å². The van der Waals surface area contributed by atoms with E-state index in [0.717, 1.165) is 16.3 Å². The quantitative estimate of drug-likeness (QED) is 0.674. The van der Waals surface area contributed by atoms with Crippen LogP contribution in [-0.2, 0) is 22.6 Å². The van der Waals surface area contributed by atoms with Gasteiger partial charge in [0.1, 0.15) is 5.75 Å². The van der Waals surface area contributed by atoms with E-state index in [1.807, 2.05) is 13.0 Å². The summed E-state index contributed by atoms with van der Waals surface area (Å²) in [7, 11) is -2.50. The molecule has 0 aliphatic rings. The fourth-order valence-electron chi connectivity index (χ4n) is 2.86. The van der Waals surface area contributed by atoms with Gasteiger partial charge in [0.25, 0.3) is 0 Å². The molecule has 3 aromatic rings. The molecule has 29 heavy (non-hydrogen) atoms. The number of rotatable bonds is 5. The van der Waals surface area contributed by atoms with Gasteiger partial charge in [0.05, 0.1) is 23.4 Å². The number of sulfonamides is 1. The maximum Gasteiger partial charge on any atom is 0.435 e. The summed E-state index contributed by atoms with van der Waals surface area (Å²) in [5.74, 6) is 0.387. The molecule has 0 bridgehead atoms. The Bertz CT molecular complexity index is 1140. The molecular weight excluding hydrogens is 407 g/mol. The van der Waals surface area contributed by atoms with Gasteiger partial charge in [-0.2, -0.15) is 18.3 Å². The number of methoxy groups -OCH3 is 1. The van der Waals surface area contributed by atoms with Crippen LogP contribution in [0.15, 0.2) is 53.4 Å². The van der Waals surface area contributed by atoms with Crippen molar-refractivity contribution in [3.05, 3.63) is 59.8 Å². The van der Waals surface area contributed by atoms with Gasteiger partial charge < -0.3 is 4.74 Å². The normalized spacial score (nSPS) is 12.2. The SMILES string of the molecule is CCc1ccc(OC)c(-c2cc(C(F)(F)F)nn2-c2ccc(S(N)(=O)=O)cc2)c1. The van der Waals surface area contributed by atoms with Crippen molar-refractivity contribution >= 4 is 10.0 Å². The van der Waals surface area contributed by atoms with Gasteiger partial charge in [-0.1, -0.05) is 13.0 Å². The summed E-state index contributed by atoms with van der Waals surface area (Å²) < 4.78 is 69.4. The first kappa shape index (κ1) is 20.9. The Morgan fingerprint density at radius 1 is 1.10 bits per heavy atom. The summed E-state index contributed by atoms with van der Waals surface area (Å²) in [5.41, 5.74) is 0.670. The summed E-state index contributed by atoms with van der Waals surface area (Å²) in [6, 6.07) is 11.3. The minimum atomic E-state index is -4.66. The fraction of sp³-hybridized carbons (Fsp3) is 0.211. The average Bonchev–Trinajstić information content (AvgIpc) is 3.12. The Hall–Kier alpha value is -2.85. The smallest absolute Gasteiger partial charge is 0.435 e. The van der Waals surface area contributed by atoms with E-state index in [4.69, 9.17) is 9.88 Å². The number of primary sulfonamides is 1. The molecular formula is C19H18F3N3O3S. The summed E-state index contributed by atoms with van der Waals surface area (Å²) >= 11 is 0. The van der Waals surface area contributed by atoms with Crippen LogP contribution in [0.4, 0.5) is 13.2 Å². The first-order chi connectivity index (χ1) is 13.5. The summed E-state index contributed by atoms with van der Waals surface area (Å²) in [5, 5.41) is 8.79. The Morgan fingerprint density at radius 2 is 1.76 bits per heavy atom. The lowest BCUT2D eigenvalue weighted by molar-refractivity contribution is -0.141. The third kappa shape index (κ3) is 4.28. The molecule has 0 atom stereocenters. The molecule has 1 heterocycles. The molecule has 0 saturated carbocycles. The van der Waals surface area contributed by atoms with Gasteiger partial charge in [0.15, 0.2) is 5.69 Å². The van der Waals surface area contributed by atoms with E-state index in [9.17, 15) is 21.6 Å². The fourth-order valence-corrected chi connectivity index (χ4v) is 3.38. The van der Waals surface area contributed by atoms with Crippen molar-refractivity contribution in [1.82, 2.24) is 9.78 Å². The Morgan fingerprint density at radius 3 is 2.28 bits per heavy atom. The van der Waals surface area contributed by atoms with Gasteiger partial charge in [-0.3, -0.25) is 0 Å². The first-order valence-electron chi connectivity index (χ1n) is 8.52. The third-order valence-corrected chi connectivity index (χ3v) is 5.29. The van der Waals surface area contributed by atoms with Crippen LogP contribution < -0.4 is 9.88 Å². The summed E-state index contributed by atoms with van der Waals surface area (Å²) in [6.07, 6.45) is -3.98. The van der Waals surface area contributed by atoms with Gasteiger partial charge in [0.2, 0.25) is 10.0 Å². The van der Waals surface area contributed by atoms with Crippen LogP contribution >= 0.6 is 0 Å². The second-order valence-corrected chi connectivity index (χ2v) is 7.81. The molecule has 3 rings (SSSR count). The van der Waals surface area contributed by atoms with E-state index >= 15 is 0 Å². The van der Waals surface area contributed by atoms with E-state index in [0.29, 0.717) is 17.7 Å². The van der Waals surface area contributed by atoms with E-state index < -0.39 is 21.9 Å². The Labute approximate surface area is 165 Å². The predicted molar refractivity (Wildman–Crippen MR) is 101 cm³/mol. The standard InChI is InChI=1S/C19H18F3N3O3S/c1-3-12-4-9-17(28-2)15(10-12)16-11-18(19(20,21)22)24-25(16)13-5-7-14(8-6-13)29(23,26)27/h4-11H,3H2,1-2H3,(H2,23,26,27). The van der Waals surface area contributed by atoms with E-state index in [1.165, 1.54) is 31.4 Å². The zero-order valence-corrected chi connectivity index (χ0v) is 16.4. The highest BCUT2D eigenvalue weighted by Gasteiger charge is 2.35. The molecule has 0 saturated heterocycles. The predicted octanol–water partition coefficient (Wildman–Crippen LogP) is 3.78. The zero-order chi connectivity index (χ0) is 21.4. The van der Waals surface area contributed by atoms with Crippen molar-refractivity contribution in [2.45, 2.75) is 24.4 Å². The monoisotopic (exact) mass is 425 g/mol. The van der Waals surface area contributed by atoms with Crippen molar-refractivity contribution in [1.29, 1.82) is 0 Å². The van der Waals surface area contributed by atoms with Crippen LogP contribution in [0, 0.1) is 0 Å². The Kier molecular flexibility index (Phi) is 5.42. The first-order valence-corrected chi connectivity index (χ1v) is 10.1. The maximum absolute atomic E-state index is 13.4. The molecule has 0 unspecified atom stereocenters. The summed E-state index contributed by atoms with van der Waals surface area (Å²) in [4.78, 5) is -0.156. The number of aryl methyl sites for hydroxylation is 1. The second-order valence-electron chi connectivity index (χ2n) is 6.25. The number of hydrogen-bond donors (Lipinski definition) is 1. The highest BCUT2D eigenvalue weighted by atomic mass is 32.2. The van der Waals surface area contributed by atoms with Crippen molar-refractivity contribution in [3.8, 4) is 22.7 Å². The molecule has 0 spiro atoms. The molecule has 2 aromatic carbocycles. The number of nitrogens with zero attached hydrogens (tertiary/aromatic N) is 2. The lowest BCUT2D eigenvalue weighted by atomic mass is 10.0. The van der Waals surface area contributed by atoms with Gasteiger partial charge in [-0.15, -0.1) is 0 Å². The number of hydrogen-bond acceptors (Lipinski definition) is 4. The molecule has 0 amide bonds. The Balaban J connectivity index is 2.24. The van der Waals surface area contributed by atoms with Crippen LogP contribution in [0.25, 0.3) is 16.9 Å². The van der Waals surface area contributed by atoms with Gasteiger partial charge in [-0.05, 0) is 54.4 Å². The van der Waals surface area contributed by atoms with Gasteiger partial charge in [-0.25, -0.2) is 18.2 Å². The van der Waals surface area contributed by atoms with Crippen molar-refractivity contribution < 1.29 is 26.3 Å². The number of benzene rings is 2. The van der Waals surface area contributed by atoms with E-state index in [-0.39, 0.29) is 16.3 Å². The second kappa shape index (κ2) is 7.53. The molecule has 0 aliphatic heterocycles. The zero-order valence-electron chi connectivity index (χ0n) is 15.6. The summed E-state index contributed by atoms with van der Waals surface area (Å²) in [6.45, 7) is 1.93. The van der Waals surface area contributed by atoms with Crippen LogP contribution in [0.3, 0.4) is 0 Å². The van der Waals surface area contributed by atoms with E-state index in [2.05, 4.69) is 5.10 Å². The molecule has 2 N–H and O–H groups in total. The average molecular weight is 425 g/mol. The number of aromatic nitrogens is 2. The van der Waals surface area contributed by atoms with Crippen molar-refractivity contribution in [3.63, 3.8) is 0 Å². The van der Waals surface area contributed by atoms with Crippen LogP contribution in [0.2, 0.25) is 0 Å². The molecule has 1 aromatic heterocycles. The minimum absolute atomic E-state index is 0.156.